The van der Waals surface area contributed by atoms with Gasteiger partial charge in [0.05, 0.1) is 12.3 Å². The molecule has 0 radical (unpaired) electrons. The van der Waals surface area contributed by atoms with Crippen molar-refractivity contribution in [3.05, 3.63) is 75.5 Å². The third-order valence-electron chi connectivity index (χ3n) is 5.50. The van der Waals surface area contributed by atoms with Crippen LogP contribution in [-0.2, 0) is 0 Å². The van der Waals surface area contributed by atoms with E-state index in [0.29, 0.717) is 5.76 Å². The van der Waals surface area contributed by atoms with Gasteiger partial charge in [-0.1, -0.05) is 30.7 Å². The number of rotatable bonds is 5. The molecule has 1 N–H and O–H groups in total. The summed E-state index contributed by atoms with van der Waals surface area (Å²) < 4.78 is 5.27. The normalized spacial score (nSPS) is 16.7. The second kappa shape index (κ2) is 8.74. The molecule has 4 rings (SSSR count). The highest BCUT2D eigenvalue weighted by molar-refractivity contribution is 7.16. The number of hydrogen-bond acceptors (Lipinski definition) is 4. The van der Waals surface area contributed by atoms with Crippen LogP contribution in [0.1, 0.15) is 52.4 Å². The Labute approximate surface area is 180 Å². The Morgan fingerprint density at radius 1 is 1.24 bits per heavy atom. The fourth-order valence-corrected chi connectivity index (χ4v) is 5.10. The third-order valence-corrected chi connectivity index (χ3v) is 6.72. The number of hydrogen-bond donors (Lipinski definition) is 1. The molecule has 1 aliphatic rings. The number of piperidine rings is 1. The van der Waals surface area contributed by atoms with Crippen LogP contribution >= 0.6 is 22.9 Å². The maximum Gasteiger partial charge on any atom is 0.291 e. The Balaban J connectivity index is 1.71. The zero-order valence-corrected chi connectivity index (χ0v) is 18.2. The van der Waals surface area contributed by atoms with Gasteiger partial charge >= 0.3 is 0 Å². The van der Waals surface area contributed by atoms with Crippen LogP contribution in [0.4, 0.5) is 5.00 Å². The molecule has 1 aromatic carbocycles. The molecule has 1 saturated heterocycles. The monoisotopic (exact) mass is 428 g/mol. The summed E-state index contributed by atoms with van der Waals surface area (Å²) in [7, 11) is 0. The van der Waals surface area contributed by atoms with Gasteiger partial charge < -0.3 is 9.73 Å². The van der Waals surface area contributed by atoms with E-state index in [1.54, 1.807) is 23.5 Å². The number of likely N-dealkylation sites (tertiary alicyclic amines) is 1. The Kier molecular flexibility index (Phi) is 6.09. The Morgan fingerprint density at radius 3 is 2.72 bits per heavy atom. The highest BCUT2D eigenvalue weighted by Gasteiger charge is 2.29. The van der Waals surface area contributed by atoms with Crippen molar-refractivity contribution in [3.8, 4) is 0 Å². The van der Waals surface area contributed by atoms with Crippen LogP contribution < -0.4 is 5.32 Å². The number of furan rings is 1. The highest BCUT2D eigenvalue weighted by Crippen LogP contribution is 2.41. The summed E-state index contributed by atoms with van der Waals surface area (Å²) in [6, 6.07) is 13.7. The van der Waals surface area contributed by atoms with Crippen LogP contribution in [0.15, 0.2) is 53.1 Å². The molecule has 0 saturated carbocycles. The summed E-state index contributed by atoms with van der Waals surface area (Å²) in [5.74, 6) is 0.830. The fourth-order valence-electron chi connectivity index (χ4n) is 3.96. The standard InChI is InChI=1S/C23H25ClN2O2S/c1-15-8-10-26(11-9-15)21(17-5-3-6-18(24)14-17)19-13-16(2)29-23(19)25-22(27)20-7-4-12-28-20/h3-7,12-15,21H,8-11H2,1-2H3,(H,25,27)/t21-/m0/s1. The van der Waals surface area contributed by atoms with Crippen LogP contribution in [0.5, 0.6) is 0 Å². The second-order valence-electron chi connectivity index (χ2n) is 7.75. The van der Waals surface area contributed by atoms with Gasteiger partial charge in [0.2, 0.25) is 0 Å². The number of carbonyl (C=O) groups excluding carboxylic acids is 1. The van der Waals surface area contributed by atoms with Crippen LogP contribution in [0, 0.1) is 12.8 Å². The Hall–Kier alpha value is -2.08. The molecular weight excluding hydrogens is 404 g/mol. The average molecular weight is 429 g/mol. The number of aryl methyl sites for hydroxylation is 1. The lowest BCUT2D eigenvalue weighted by molar-refractivity contribution is 0.0996. The maximum atomic E-state index is 12.6. The fraction of sp³-hybridized carbons (Fsp3) is 0.348. The molecule has 1 fully saturated rings. The number of nitrogens with zero attached hydrogens (tertiary/aromatic N) is 1. The van der Waals surface area contributed by atoms with E-state index in [4.69, 9.17) is 16.0 Å². The number of amides is 1. The predicted octanol–water partition coefficient (Wildman–Crippen LogP) is 6.38. The maximum absolute atomic E-state index is 12.6. The van der Waals surface area contributed by atoms with E-state index in [0.717, 1.165) is 45.0 Å². The van der Waals surface area contributed by atoms with Crippen molar-refractivity contribution >= 4 is 33.8 Å². The van der Waals surface area contributed by atoms with E-state index >= 15 is 0 Å². The van der Waals surface area contributed by atoms with Crippen LogP contribution in [0.3, 0.4) is 0 Å². The van der Waals surface area contributed by atoms with Crippen molar-refractivity contribution in [3.63, 3.8) is 0 Å². The molecule has 0 aliphatic carbocycles. The summed E-state index contributed by atoms with van der Waals surface area (Å²) in [6.45, 7) is 6.44. The van der Waals surface area contributed by atoms with Gasteiger partial charge in [0.1, 0.15) is 5.00 Å². The molecule has 3 aromatic rings. The topological polar surface area (TPSA) is 45.5 Å². The van der Waals surface area contributed by atoms with Crippen molar-refractivity contribution in [2.24, 2.45) is 5.92 Å². The summed E-state index contributed by atoms with van der Waals surface area (Å²) >= 11 is 7.94. The largest absolute Gasteiger partial charge is 0.459 e. The summed E-state index contributed by atoms with van der Waals surface area (Å²) in [5.41, 5.74) is 2.27. The van der Waals surface area contributed by atoms with Crippen molar-refractivity contribution in [1.29, 1.82) is 0 Å². The first-order chi connectivity index (χ1) is 14.0. The van der Waals surface area contributed by atoms with Gasteiger partial charge in [-0.05, 0) is 74.7 Å². The zero-order valence-electron chi connectivity index (χ0n) is 16.7. The van der Waals surface area contributed by atoms with E-state index < -0.39 is 0 Å². The van der Waals surface area contributed by atoms with Crippen LogP contribution in [0.25, 0.3) is 0 Å². The summed E-state index contributed by atoms with van der Waals surface area (Å²) in [6.07, 6.45) is 3.86. The van der Waals surface area contributed by atoms with Gasteiger partial charge in [0.15, 0.2) is 5.76 Å². The van der Waals surface area contributed by atoms with Crippen molar-refractivity contribution < 1.29 is 9.21 Å². The van der Waals surface area contributed by atoms with Gasteiger partial charge in [-0.25, -0.2) is 0 Å². The lowest BCUT2D eigenvalue weighted by atomic mass is 9.93. The van der Waals surface area contributed by atoms with E-state index in [2.05, 4.69) is 36.2 Å². The average Bonchev–Trinajstić information content (AvgIpc) is 3.34. The molecule has 3 heterocycles. The molecule has 1 amide bonds. The van der Waals surface area contributed by atoms with E-state index in [9.17, 15) is 4.79 Å². The third kappa shape index (κ3) is 4.58. The molecular formula is C23H25ClN2O2S. The molecule has 2 aromatic heterocycles. The number of nitrogens with one attached hydrogen (secondary N) is 1. The minimum Gasteiger partial charge on any atom is -0.459 e. The Bertz CT molecular complexity index is 975. The zero-order chi connectivity index (χ0) is 20.4. The van der Waals surface area contributed by atoms with Crippen molar-refractivity contribution in [1.82, 2.24) is 4.90 Å². The van der Waals surface area contributed by atoms with Crippen molar-refractivity contribution in [2.75, 3.05) is 18.4 Å². The van der Waals surface area contributed by atoms with E-state index in [1.165, 1.54) is 19.1 Å². The predicted molar refractivity (Wildman–Crippen MR) is 119 cm³/mol. The van der Waals surface area contributed by atoms with E-state index in [-0.39, 0.29) is 11.9 Å². The summed E-state index contributed by atoms with van der Waals surface area (Å²) in [4.78, 5) is 16.3. The van der Waals surface area contributed by atoms with Gasteiger partial charge in [-0.3, -0.25) is 9.69 Å². The minimum absolute atomic E-state index is 0.0538. The number of carbonyl (C=O) groups is 1. The molecule has 6 heteroatoms. The first-order valence-corrected chi connectivity index (χ1v) is 11.2. The van der Waals surface area contributed by atoms with Crippen LogP contribution in [-0.4, -0.2) is 23.9 Å². The highest BCUT2D eigenvalue weighted by atomic mass is 35.5. The summed E-state index contributed by atoms with van der Waals surface area (Å²) in [5, 5.41) is 4.67. The number of benzene rings is 1. The lowest BCUT2D eigenvalue weighted by Crippen LogP contribution is -2.37. The number of halogens is 1. The van der Waals surface area contributed by atoms with Gasteiger partial charge in [0, 0.05) is 15.5 Å². The molecule has 0 spiro atoms. The SMILES string of the molecule is Cc1cc([C@H](c2cccc(Cl)c2)N2CCC(C)CC2)c(NC(=O)c2ccco2)s1. The molecule has 1 aliphatic heterocycles. The lowest BCUT2D eigenvalue weighted by Gasteiger charge is -2.37. The smallest absolute Gasteiger partial charge is 0.291 e. The van der Waals surface area contributed by atoms with Gasteiger partial charge in [0.25, 0.3) is 5.91 Å². The number of anilines is 1. The second-order valence-corrected chi connectivity index (χ2v) is 9.44. The molecule has 0 unspecified atom stereocenters. The molecule has 1 atom stereocenters. The minimum atomic E-state index is -0.227. The molecule has 4 nitrogen and oxygen atoms in total. The van der Waals surface area contributed by atoms with Crippen molar-refractivity contribution in [2.45, 2.75) is 32.7 Å². The first kappa shape index (κ1) is 20.2. The number of thiophene rings is 1. The van der Waals surface area contributed by atoms with Gasteiger partial charge in [-0.2, -0.15) is 0 Å². The van der Waals surface area contributed by atoms with Gasteiger partial charge in [-0.15, -0.1) is 11.3 Å². The Morgan fingerprint density at radius 2 is 2.03 bits per heavy atom. The molecule has 152 valence electrons. The molecule has 29 heavy (non-hydrogen) atoms. The first-order valence-electron chi connectivity index (χ1n) is 9.96. The molecule has 0 bridgehead atoms. The van der Waals surface area contributed by atoms with E-state index in [1.807, 2.05) is 18.2 Å². The van der Waals surface area contributed by atoms with Crippen LogP contribution in [0.2, 0.25) is 5.02 Å². The quantitative estimate of drug-likeness (QED) is 0.513.